The van der Waals surface area contributed by atoms with Crippen molar-refractivity contribution in [2.75, 3.05) is 5.88 Å². The number of nitrogens with zero attached hydrogens (tertiary/aromatic N) is 1. The lowest BCUT2D eigenvalue weighted by Gasteiger charge is -2.02. The van der Waals surface area contributed by atoms with Crippen LogP contribution in [-0.4, -0.2) is 23.0 Å². The number of halogens is 1. The summed E-state index contributed by atoms with van der Waals surface area (Å²) in [5.41, 5.74) is 0.568. The first-order chi connectivity index (χ1) is 6.72. The highest BCUT2D eigenvalue weighted by molar-refractivity contribution is 6.28. The van der Waals surface area contributed by atoms with Crippen molar-refractivity contribution < 1.29 is 14.1 Å². The van der Waals surface area contributed by atoms with Gasteiger partial charge in [-0.1, -0.05) is 5.16 Å². The van der Waals surface area contributed by atoms with Crippen molar-refractivity contribution >= 4 is 23.5 Å². The summed E-state index contributed by atoms with van der Waals surface area (Å²) in [6.07, 6.45) is 1.39. The van der Waals surface area contributed by atoms with E-state index in [0.717, 1.165) is 0 Å². The number of hydrogen-bond donors (Lipinski definition) is 2. The lowest BCUT2D eigenvalue weighted by Crippen LogP contribution is -2.39. The van der Waals surface area contributed by atoms with Gasteiger partial charge in [-0.05, 0) is 0 Å². The fourth-order valence-electron chi connectivity index (χ4n) is 0.704. The number of nitrogens with one attached hydrogen (secondary N) is 2. The topological polar surface area (TPSA) is 84.2 Å². The molecule has 0 unspecified atom stereocenters. The monoisotopic (exact) mass is 217 g/mol. The molecule has 2 N–H and O–H groups in total. The van der Waals surface area contributed by atoms with Gasteiger partial charge in [-0.3, -0.25) is 10.1 Å². The van der Waals surface area contributed by atoms with Crippen molar-refractivity contribution in [3.05, 3.63) is 18.0 Å². The van der Waals surface area contributed by atoms with Crippen LogP contribution in [0.1, 0.15) is 5.69 Å². The van der Waals surface area contributed by atoms with Crippen molar-refractivity contribution in [3.8, 4) is 0 Å². The number of rotatable bonds is 3. The largest absolute Gasteiger partial charge is 0.364 e. The fourth-order valence-corrected chi connectivity index (χ4v) is 0.771. The summed E-state index contributed by atoms with van der Waals surface area (Å²) in [4.78, 5) is 21.6. The summed E-state index contributed by atoms with van der Waals surface area (Å²) >= 11 is 5.18. The molecule has 0 aliphatic rings. The first-order valence-electron chi connectivity index (χ1n) is 3.75. The van der Waals surface area contributed by atoms with Gasteiger partial charge in [0, 0.05) is 6.07 Å². The van der Waals surface area contributed by atoms with Crippen molar-refractivity contribution in [1.82, 2.24) is 15.8 Å². The maximum atomic E-state index is 10.9. The average Bonchev–Trinajstić information content (AvgIpc) is 2.67. The van der Waals surface area contributed by atoms with E-state index in [1.54, 1.807) is 6.07 Å². The van der Waals surface area contributed by atoms with E-state index in [9.17, 15) is 9.59 Å². The number of carbonyl (C=O) groups excluding carboxylic acids is 2. The number of aromatic nitrogens is 1. The molecular formula is C7H8ClN3O3. The zero-order chi connectivity index (χ0) is 10.4. The van der Waals surface area contributed by atoms with Crippen LogP contribution in [0.25, 0.3) is 0 Å². The number of amides is 3. The predicted octanol–water partition coefficient (Wildman–Crippen LogP) is 0.239. The minimum Gasteiger partial charge on any atom is -0.364 e. The Hall–Kier alpha value is -1.56. The molecule has 1 rings (SSSR count). The number of urea groups is 1. The van der Waals surface area contributed by atoms with Gasteiger partial charge in [0.05, 0.1) is 6.54 Å². The number of carbonyl (C=O) groups is 2. The highest BCUT2D eigenvalue weighted by Crippen LogP contribution is 1.92. The number of imide groups is 1. The first-order valence-corrected chi connectivity index (χ1v) is 4.28. The Morgan fingerprint density at radius 3 is 2.93 bits per heavy atom. The smallest absolute Gasteiger partial charge is 0.321 e. The second kappa shape index (κ2) is 5.23. The third-order valence-electron chi connectivity index (χ3n) is 1.30. The van der Waals surface area contributed by atoms with Gasteiger partial charge >= 0.3 is 6.03 Å². The maximum absolute atomic E-state index is 10.9. The summed E-state index contributed by atoms with van der Waals surface area (Å²) in [6, 6.07) is 0.988. The molecule has 0 spiro atoms. The highest BCUT2D eigenvalue weighted by Gasteiger charge is 2.05. The van der Waals surface area contributed by atoms with E-state index in [0.29, 0.717) is 5.69 Å². The van der Waals surface area contributed by atoms with E-state index in [-0.39, 0.29) is 12.4 Å². The summed E-state index contributed by atoms with van der Waals surface area (Å²) < 4.78 is 4.54. The van der Waals surface area contributed by atoms with Crippen LogP contribution in [0, 0.1) is 0 Å². The third kappa shape index (κ3) is 3.44. The van der Waals surface area contributed by atoms with Crippen molar-refractivity contribution in [1.29, 1.82) is 0 Å². The average molecular weight is 218 g/mol. The van der Waals surface area contributed by atoms with Crippen LogP contribution in [0.4, 0.5) is 4.79 Å². The Kier molecular flexibility index (Phi) is 3.93. The highest BCUT2D eigenvalue weighted by atomic mass is 35.5. The third-order valence-corrected chi connectivity index (χ3v) is 1.54. The molecule has 7 heteroatoms. The van der Waals surface area contributed by atoms with E-state index in [2.05, 4.69) is 15.0 Å². The van der Waals surface area contributed by atoms with Gasteiger partial charge in [0.1, 0.15) is 17.8 Å². The number of hydrogen-bond acceptors (Lipinski definition) is 4. The first kappa shape index (κ1) is 10.5. The molecule has 0 saturated carbocycles. The molecule has 1 aromatic heterocycles. The quantitative estimate of drug-likeness (QED) is 0.711. The van der Waals surface area contributed by atoms with E-state index < -0.39 is 11.9 Å². The minimum absolute atomic E-state index is 0.192. The molecule has 1 heterocycles. The van der Waals surface area contributed by atoms with E-state index in [1.165, 1.54) is 6.26 Å². The summed E-state index contributed by atoms with van der Waals surface area (Å²) in [5.74, 6) is -0.804. The Morgan fingerprint density at radius 1 is 1.57 bits per heavy atom. The predicted molar refractivity (Wildman–Crippen MR) is 47.6 cm³/mol. The van der Waals surface area contributed by atoms with Crippen molar-refractivity contribution in [2.45, 2.75) is 6.54 Å². The zero-order valence-electron chi connectivity index (χ0n) is 7.12. The minimum atomic E-state index is -0.612. The zero-order valence-corrected chi connectivity index (χ0v) is 7.87. The summed E-state index contributed by atoms with van der Waals surface area (Å²) in [7, 11) is 0. The SMILES string of the molecule is O=C(CCl)NC(=O)NCc1ccon1. The molecule has 6 nitrogen and oxygen atoms in total. The molecule has 0 aliphatic heterocycles. The van der Waals surface area contributed by atoms with E-state index in [1.807, 2.05) is 5.32 Å². The van der Waals surface area contributed by atoms with Crippen molar-refractivity contribution in [2.24, 2.45) is 0 Å². The van der Waals surface area contributed by atoms with Gasteiger partial charge in [0.15, 0.2) is 0 Å². The van der Waals surface area contributed by atoms with Crippen LogP contribution < -0.4 is 10.6 Å². The Morgan fingerprint density at radius 2 is 2.36 bits per heavy atom. The summed E-state index contributed by atoms with van der Waals surface area (Å²) in [5, 5.41) is 7.97. The molecule has 76 valence electrons. The van der Waals surface area contributed by atoms with Gasteiger partial charge in [-0.2, -0.15) is 0 Å². The lowest BCUT2D eigenvalue weighted by molar-refractivity contribution is -0.117. The van der Waals surface area contributed by atoms with Crippen LogP contribution >= 0.6 is 11.6 Å². The maximum Gasteiger partial charge on any atom is 0.321 e. The van der Waals surface area contributed by atoms with Gasteiger partial charge in [-0.15, -0.1) is 11.6 Å². The van der Waals surface area contributed by atoms with Crippen LogP contribution in [0.15, 0.2) is 16.9 Å². The Labute approximate surface area is 84.6 Å². The number of alkyl halides is 1. The van der Waals surface area contributed by atoms with Crippen LogP contribution in [0.2, 0.25) is 0 Å². The van der Waals surface area contributed by atoms with Crippen LogP contribution in [0.5, 0.6) is 0 Å². The second-order valence-electron chi connectivity index (χ2n) is 2.36. The molecule has 0 aliphatic carbocycles. The standard InChI is InChI=1S/C7H8ClN3O3/c8-3-6(12)10-7(13)9-4-5-1-2-14-11-5/h1-2H,3-4H2,(H2,9,10,12,13). The van der Waals surface area contributed by atoms with Gasteiger partial charge < -0.3 is 9.84 Å². The molecule has 0 fully saturated rings. The lowest BCUT2D eigenvalue weighted by atomic mass is 10.4. The molecule has 0 aromatic carbocycles. The fraction of sp³-hybridized carbons (Fsp3) is 0.286. The molecule has 1 aromatic rings. The molecule has 0 bridgehead atoms. The van der Waals surface area contributed by atoms with E-state index in [4.69, 9.17) is 11.6 Å². The molecule has 0 atom stereocenters. The van der Waals surface area contributed by atoms with Crippen molar-refractivity contribution in [3.63, 3.8) is 0 Å². The van der Waals surface area contributed by atoms with E-state index >= 15 is 0 Å². The molecule has 14 heavy (non-hydrogen) atoms. The van der Waals surface area contributed by atoms with Crippen LogP contribution in [0.3, 0.4) is 0 Å². The molecule has 3 amide bonds. The van der Waals surface area contributed by atoms with Crippen LogP contribution in [-0.2, 0) is 11.3 Å². The normalized spacial score (nSPS) is 9.50. The Balaban J connectivity index is 2.25. The molecule has 0 radical (unpaired) electrons. The molecular weight excluding hydrogens is 210 g/mol. The molecule has 0 saturated heterocycles. The second-order valence-corrected chi connectivity index (χ2v) is 2.62. The van der Waals surface area contributed by atoms with Gasteiger partial charge in [0.25, 0.3) is 0 Å². The Bertz CT molecular complexity index is 312. The van der Waals surface area contributed by atoms with Gasteiger partial charge in [-0.25, -0.2) is 4.79 Å². The van der Waals surface area contributed by atoms with Gasteiger partial charge in [0.2, 0.25) is 5.91 Å². The summed E-state index contributed by atoms with van der Waals surface area (Å²) in [6.45, 7) is 0.192.